The van der Waals surface area contributed by atoms with Crippen molar-refractivity contribution >= 4 is 34.5 Å². The van der Waals surface area contributed by atoms with Gasteiger partial charge in [-0.15, -0.1) is 22.9 Å². The van der Waals surface area contributed by atoms with Gasteiger partial charge in [0.2, 0.25) is 0 Å². The standard InChI is InChI=1S/C14H14Cl2S/c1-2-3-10-4-6-11(7-5-10)13(16)14-12(15)8-9-17-14/h4-9,13H,2-3H2,1H3. The predicted molar refractivity (Wildman–Crippen MR) is 77.5 cm³/mol. The van der Waals surface area contributed by atoms with Gasteiger partial charge in [-0.05, 0) is 29.0 Å². The number of rotatable bonds is 4. The van der Waals surface area contributed by atoms with Crippen LogP contribution >= 0.6 is 34.5 Å². The molecule has 1 atom stereocenters. The molecule has 17 heavy (non-hydrogen) atoms. The number of alkyl halides is 1. The average Bonchev–Trinajstić information content (AvgIpc) is 2.76. The van der Waals surface area contributed by atoms with Gasteiger partial charge < -0.3 is 0 Å². The van der Waals surface area contributed by atoms with Crippen LogP contribution in [-0.2, 0) is 6.42 Å². The summed E-state index contributed by atoms with van der Waals surface area (Å²) in [4.78, 5) is 1.02. The van der Waals surface area contributed by atoms with Gasteiger partial charge in [0.15, 0.2) is 0 Å². The van der Waals surface area contributed by atoms with Crippen LogP contribution in [0.5, 0.6) is 0 Å². The molecule has 1 aromatic carbocycles. The highest BCUT2D eigenvalue weighted by Crippen LogP contribution is 2.37. The van der Waals surface area contributed by atoms with Gasteiger partial charge in [0.05, 0.1) is 10.4 Å². The van der Waals surface area contributed by atoms with E-state index in [0.717, 1.165) is 21.9 Å². The number of hydrogen-bond donors (Lipinski definition) is 0. The van der Waals surface area contributed by atoms with Crippen LogP contribution in [0.15, 0.2) is 35.7 Å². The quantitative estimate of drug-likeness (QED) is 0.634. The molecule has 0 aliphatic rings. The van der Waals surface area contributed by atoms with Crippen molar-refractivity contribution < 1.29 is 0 Å². The summed E-state index contributed by atoms with van der Waals surface area (Å²) in [6, 6.07) is 10.4. The molecule has 0 fully saturated rings. The van der Waals surface area contributed by atoms with Gasteiger partial charge in [-0.1, -0.05) is 49.2 Å². The van der Waals surface area contributed by atoms with Crippen LogP contribution in [0.25, 0.3) is 0 Å². The van der Waals surface area contributed by atoms with Crippen LogP contribution in [0.2, 0.25) is 5.02 Å². The minimum Gasteiger partial charge on any atom is -0.145 e. The molecule has 0 bridgehead atoms. The number of hydrogen-bond acceptors (Lipinski definition) is 1. The molecular weight excluding hydrogens is 271 g/mol. The topological polar surface area (TPSA) is 0 Å². The van der Waals surface area contributed by atoms with Crippen molar-refractivity contribution in [1.29, 1.82) is 0 Å². The first-order valence-electron chi connectivity index (χ1n) is 5.68. The fraction of sp³-hybridized carbons (Fsp3) is 0.286. The molecule has 2 aromatic rings. The van der Waals surface area contributed by atoms with E-state index in [1.807, 2.05) is 11.4 Å². The number of halogens is 2. The zero-order chi connectivity index (χ0) is 12.3. The molecule has 0 saturated heterocycles. The maximum absolute atomic E-state index is 6.43. The highest BCUT2D eigenvalue weighted by Gasteiger charge is 2.15. The van der Waals surface area contributed by atoms with E-state index in [9.17, 15) is 0 Å². The van der Waals surface area contributed by atoms with Gasteiger partial charge in [-0.25, -0.2) is 0 Å². The van der Waals surface area contributed by atoms with E-state index < -0.39 is 0 Å². The Morgan fingerprint density at radius 1 is 1.18 bits per heavy atom. The smallest absolute Gasteiger partial charge is 0.0942 e. The minimum atomic E-state index is -0.141. The van der Waals surface area contributed by atoms with E-state index in [1.54, 1.807) is 11.3 Å². The van der Waals surface area contributed by atoms with E-state index in [-0.39, 0.29) is 5.38 Å². The third-order valence-corrected chi connectivity index (χ3v) is 4.71. The Kier molecular flexibility index (Phi) is 4.49. The fourth-order valence-electron chi connectivity index (χ4n) is 1.78. The van der Waals surface area contributed by atoms with Crippen molar-refractivity contribution in [2.75, 3.05) is 0 Å². The first kappa shape index (κ1) is 12.9. The lowest BCUT2D eigenvalue weighted by Gasteiger charge is -2.09. The molecular formula is C14H14Cl2S. The first-order chi connectivity index (χ1) is 8.22. The molecule has 0 aliphatic heterocycles. The first-order valence-corrected chi connectivity index (χ1v) is 7.37. The van der Waals surface area contributed by atoms with Crippen LogP contribution in [-0.4, -0.2) is 0 Å². The summed E-state index contributed by atoms with van der Waals surface area (Å²) < 4.78 is 0. The zero-order valence-corrected chi connectivity index (χ0v) is 11.9. The predicted octanol–water partition coefficient (Wildman–Crippen LogP) is 5.68. The van der Waals surface area contributed by atoms with Gasteiger partial charge in [0, 0.05) is 4.88 Å². The Morgan fingerprint density at radius 2 is 1.88 bits per heavy atom. The highest BCUT2D eigenvalue weighted by atomic mass is 35.5. The number of thiophene rings is 1. The Hall–Kier alpha value is -0.500. The molecule has 1 unspecified atom stereocenters. The van der Waals surface area contributed by atoms with Gasteiger partial charge in [0.25, 0.3) is 0 Å². The molecule has 3 heteroatoms. The van der Waals surface area contributed by atoms with E-state index in [0.29, 0.717) is 0 Å². The second-order valence-electron chi connectivity index (χ2n) is 3.99. The van der Waals surface area contributed by atoms with Crippen molar-refractivity contribution in [2.45, 2.75) is 25.1 Å². The molecule has 0 saturated carbocycles. The summed E-state index contributed by atoms with van der Waals surface area (Å²) in [7, 11) is 0. The second-order valence-corrected chi connectivity index (χ2v) is 5.78. The van der Waals surface area contributed by atoms with Crippen LogP contribution in [0.4, 0.5) is 0 Å². The SMILES string of the molecule is CCCc1ccc(C(Cl)c2sccc2Cl)cc1. The summed E-state index contributed by atoms with van der Waals surface area (Å²) in [5.41, 5.74) is 2.47. The van der Waals surface area contributed by atoms with E-state index in [4.69, 9.17) is 23.2 Å². The van der Waals surface area contributed by atoms with Crippen molar-refractivity contribution in [3.8, 4) is 0 Å². The van der Waals surface area contributed by atoms with Crippen LogP contribution in [0.3, 0.4) is 0 Å². The lowest BCUT2D eigenvalue weighted by Crippen LogP contribution is -1.92. The fourth-order valence-corrected chi connectivity index (χ4v) is 3.42. The summed E-state index contributed by atoms with van der Waals surface area (Å²) in [5.74, 6) is 0. The molecule has 0 amide bonds. The third-order valence-electron chi connectivity index (χ3n) is 2.69. The van der Waals surface area contributed by atoms with Gasteiger partial charge in [-0.2, -0.15) is 0 Å². The molecule has 0 N–H and O–H groups in total. The van der Waals surface area contributed by atoms with E-state index in [1.165, 1.54) is 12.0 Å². The highest BCUT2D eigenvalue weighted by molar-refractivity contribution is 7.11. The van der Waals surface area contributed by atoms with E-state index >= 15 is 0 Å². The Labute approximate surface area is 116 Å². The van der Waals surface area contributed by atoms with E-state index in [2.05, 4.69) is 31.2 Å². The van der Waals surface area contributed by atoms with Crippen LogP contribution in [0, 0.1) is 0 Å². The minimum absolute atomic E-state index is 0.141. The zero-order valence-electron chi connectivity index (χ0n) is 9.62. The second kappa shape index (κ2) is 5.90. The van der Waals surface area contributed by atoms with Crippen molar-refractivity contribution in [2.24, 2.45) is 0 Å². The van der Waals surface area contributed by atoms with Crippen LogP contribution in [0.1, 0.15) is 34.7 Å². The summed E-state index contributed by atoms with van der Waals surface area (Å²) in [6.45, 7) is 2.18. The normalized spacial score (nSPS) is 12.6. The number of benzene rings is 1. The molecule has 0 aliphatic carbocycles. The van der Waals surface area contributed by atoms with Crippen molar-refractivity contribution in [1.82, 2.24) is 0 Å². The largest absolute Gasteiger partial charge is 0.145 e. The lowest BCUT2D eigenvalue weighted by molar-refractivity contribution is 0.920. The summed E-state index contributed by atoms with van der Waals surface area (Å²) >= 11 is 14.1. The molecule has 0 radical (unpaired) electrons. The summed E-state index contributed by atoms with van der Waals surface area (Å²) in [6.07, 6.45) is 2.29. The Balaban J connectivity index is 2.20. The van der Waals surface area contributed by atoms with Crippen molar-refractivity contribution in [3.05, 3.63) is 56.7 Å². The number of aryl methyl sites for hydroxylation is 1. The average molecular weight is 285 g/mol. The van der Waals surface area contributed by atoms with Gasteiger partial charge in [0.1, 0.15) is 0 Å². The third kappa shape index (κ3) is 3.04. The molecule has 1 heterocycles. The maximum Gasteiger partial charge on any atom is 0.0942 e. The molecule has 2 rings (SSSR count). The Morgan fingerprint density at radius 3 is 2.41 bits per heavy atom. The monoisotopic (exact) mass is 284 g/mol. The Bertz CT molecular complexity index is 473. The maximum atomic E-state index is 6.43. The molecule has 0 spiro atoms. The molecule has 90 valence electrons. The van der Waals surface area contributed by atoms with Crippen molar-refractivity contribution in [3.63, 3.8) is 0 Å². The van der Waals surface area contributed by atoms with Gasteiger partial charge in [-0.3, -0.25) is 0 Å². The van der Waals surface area contributed by atoms with Crippen LogP contribution < -0.4 is 0 Å². The molecule has 0 nitrogen and oxygen atoms in total. The van der Waals surface area contributed by atoms with Gasteiger partial charge >= 0.3 is 0 Å². The summed E-state index contributed by atoms with van der Waals surface area (Å²) in [5, 5.41) is 2.59. The molecule has 1 aromatic heterocycles. The lowest BCUT2D eigenvalue weighted by atomic mass is 10.1.